The van der Waals surface area contributed by atoms with Crippen molar-refractivity contribution in [2.24, 2.45) is 0 Å². The molecule has 0 heterocycles. The minimum absolute atomic E-state index is 0.446. The Morgan fingerprint density at radius 1 is 0.895 bits per heavy atom. The van der Waals surface area contributed by atoms with E-state index in [2.05, 4.69) is 0 Å². The zero-order chi connectivity index (χ0) is 13.7. The number of hydrogen-bond donors (Lipinski definition) is 1. The number of hydrogen-bond acceptors (Lipinski definition) is 4. The molecule has 2 aromatic carbocycles. The van der Waals surface area contributed by atoms with Crippen molar-refractivity contribution in [1.82, 2.24) is 0 Å². The van der Waals surface area contributed by atoms with Crippen LogP contribution in [0.25, 0.3) is 0 Å². The lowest BCUT2D eigenvalue weighted by molar-refractivity contribution is 0.305. The molecule has 100 valence electrons. The van der Waals surface area contributed by atoms with Crippen LogP contribution < -0.4 is 19.9 Å². The summed E-state index contributed by atoms with van der Waals surface area (Å²) in [4.78, 5) is 0. The van der Waals surface area contributed by atoms with E-state index in [9.17, 15) is 0 Å². The molecule has 19 heavy (non-hydrogen) atoms. The second kappa shape index (κ2) is 6.00. The van der Waals surface area contributed by atoms with Crippen LogP contribution in [-0.4, -0.2) is 14.2 Å². The van der Waals surface area contributed by atoms with Gasteiger partial charge in [-0.3, -0.25) is 0 Å². The number of nitrogens with two attached hydrogens (primary N) is 1. The summed E-state index contributed by atoms with van der Waals surface area (Å²) in [5, 5.41) is 0. The van der Waals surface area contributed by atoms with Gasteiger partial charge in [0.05, 0.1) is 14.2 Å². The maximum absolute atomic E-state index is 5.93. The van der Waals surface area contributed by atoms with Crippen molar-refractivity contribution in [3.8, 4) is 17.2 Å². The fourth-order valence-electron chi connectivity index (χ4n) is 1.71. The summed E-state index contributed by atoms with van der Waals surface area (Å²) < 4.78 is 15.9. The first-order valence-corrected chi connectivity index (χ1v) is 5.93. The standard InChI is InChI=1S/C15H17NO3/c1-17-12-8-6-11(7-9-12)10-19-14-5-3-4-13(18-2)15(14)16/h3-9H,10,16H2,1-2H3. The zero-order valence-electron chi connectivity index (χ0n) is 11.1. The van der Waals surface area contributed by atoms with Gasteiger partial charge in [0.15, 0.2) is 0 Å². The Bertz CT molecular complexity index is 538. The lowest BCUT2D eigenvalue weighted by Gasteiger charge is -2.11. The first kappa shape index (κ1) is 13.1. The van der Waals surface area contributed by atoms with Crippen LogP contribution in [0, 0.1) is 0 Å². The minimum Gasteiger partial charge on any atom is -0.497 e. The van der Waals surface area contributed by atoms with E-state index in [1.54, 1.807) is 20.3 Å². The molecule has 0 aliphatic heterocycles. The summed E-state index contributed by atoms with van der Waals surface area (Å²) in [5.41, 5.74) is 7.49. The summed E-state index contributed by atoms with van der Waals surface area (Å²) in [6.07, 6.45) is 0. The van der Waals surface area contributed by atoms with Crippen LogP contribution >= 0.6 is 0 Å². The molecule has 0 aromatic heterocycles. The third-order valence-electron chi connectivity index (χ3n) is 2.80. The van der Waals surface area contributed by atoms with Crippen molar-refractivity contribution in [3.63, 3.8) is 0 Å². The SMILES string of the molecule is COc1ccc(COc2cccc(OC)c2N)cc1. The van der Waals surface area contributed by atoms with Gasteiger partial charge < -0.3 is 19.9 Å². The minimum atomic E-state index is 0.446. The normalized spacial score (nSPS) is 10.0. The van der Waals surface area contributed by atoms with Crippen LogP contribution in [0.3, 0.4) is 0 Å². The van der Waals surface area contributed by atoms with Crippen molar-refractivity contribution in [3.05, 3.63) is 48.0 Å². The maximum Gasteiger partial charge on any atom is 0.146 e. The molecule has 0 amide bonds. The van der Waals surface area contributed by atoms with Crippen molar-refractivity contribution in [1.29, 1.82) is 0 Å². The highest BCUT2D eigenvalue weighted by molar-refractivity contribution is 5.62. The largest absolute Gasteiger partial charge is 0.497 e. The lowest BCUT2D eigenvalue weighted by Crippen LogP contribution is -2.00. The summed E-state index contributed by atoms with van der Waals surface area (Å²) in [6, 6.07) is 13.2. The zero-order valence-corrected chi connectivity index (χ0v) is 11.1. The predicted molar refractivity (Wildman–Crippen MR) is 74.7 cm³/mol. The molecule has 2 rings (SSSR count). The molecule has 4 heteroatoms. The number of anilines is 1. The van der Waals surface area contributed by atoms with E-state index >= 15 is 0 Å². The average Bonchev–Trinajstić information content (AvgIpc) is 2.47. The Morgan fingerprint density at radius 2 is 1.58 bits per heavy atom. The first-order valence-electron chi connectivity index (χ1n) is 5.93. The second-order valence-electron chi connectivity index (χ2n) is 4.01. The van der Waals surface area contributed by atoms with Gasteiger partial charge in [-0.25, -0.2) is 0 Å². The molecule has 0 bridgehead atoms. The van der Waals surface area contributed by atoms with E-state index in [0.717, 1.165) is 11.3 Å². The molecule has 0 atom stereocenters. The number of nitrogen functional groups attached to an aromatic ring is 1. The smallest absolute Gasteiger partial charge is 0.146 e. The highest BCUT2D eigenvalue weighted by Gasteiger charge is 2.06. The Kier molecular flexibility index (Phi) is 4.13. The molecule has 2 N–H and O–H groups in total. The highest BCUT2D eigenvalue weighted by atomic mass is 16.5. The van der Waals surface area contributed by atoms with Gasteiger partial charge in [-0.1, -0.05) is 18.2 Å². The fourth-order valence-corrected chi connectivity index (χ4v) is 1.71. The van der Waals surface area contributed by atoms with E-state index < -0.39 is 0 Å². The van der Waals surface area contributed by atoms with Crippen molar-refractivity contribution in [2.45, 2.75) is 6.61 Å². The third kappa shape index (κ3) is 3.10. The van der Waals surface area contributed by atoms with Crippen LogP contribution in [0.5, 0.6) is 17.2 Å². The van der Waals surface area contributed by atoms with Crippen LogP contribution in [-0.2, 0) is 6.61 Å². The third-order valence-corrected chi connectivity index (χ3v) is 2.80. The van der Waals surface area contributed by atoms with Gasteiger partial charge in [0.25, 0.3) is 0 Å². The van der Waals surface area contributed by atoms with E-state index in [0.29, 0.717) is 23.8 Å². The monoisotopic (exact) mass is 259 g/mol. The van der Waals surface area contributed by atoms with Gasteiger partial charge >= 0.3 is 0 Å². The molecule has 0 aliphatic rings. The molecule has 4 nitrogen and oxygen atoms in total. The van der Waals surface area contributed by atoms with E-state index in [-0.39, 0.29) is 0 Å². The number of benzene rings is 2. The summed E-state index contributed by atoms with van der Waals surface area (Å²) in [5.74, 6) is 2.06. The van der Waals surface area contributed by atoms with E-state index in [1.807, 2.05) is 36.4 Å². The van der Waals surface area contributed by atoms with Gasteiger partial charge in [0, 0.05) is 0 Å². The number of ether oxygens (including phenoxy) is 3. The molecular weight excluding hydrogens is 242 g/mol. The number of para-hydroxylation sites is 1. The van der Waals surface area contributed by atoms with Crippen LogP contribution in [0.4, 0.5) is 5.69 Å². The van der Waals surface area contributed by atoms with Crippen LogP contribution in [0.1, 0.15) is 5.56 Å². The highest BCUT2D eigenvalue weighted by Crippen LogP contribution is 2.31. The molecule has 0 radical (unpaired) electrons. The van der Waals surface area contributed by atoms with Gasteiger partial charge in [-0.05, 0) is 29.8 Å². The summed E-state index contributed by atoms with van der Waals surface area (Å²) in [7, 11) is 3.22. The van der Waals surface area contributed by atoms with Crippen molar-refractivity contribution in [2.75, 3.05) is 20.0 Å². The predicted octanol–water partition coefficient (Wildman–Crippen LogP) is 2.87. The van der Waals surface area contributed by atoms with Gasteiger partial charge in [-0.15, -0.1) is 0 Å². The maximum atomic E-state index is 5.93. The van der Waals surface area contributed by atoms with Crippen molar-refractivity contribution >= 4 is 5.69 Å². The Balaban J connectivity index is 2.05. The summed E-state index contributed by atoms with van der Waals surface area (Å²) in [6.45, 7) is 0.446. The first-order chi connectivity index (χ1) is 9.24. The second-order valence-corrected chi connectivity index (χ2v) is 4.01. The molecule has 0 aliphatic carbocycles. The van der Waals surface area contributed by atoms with Crippen molar-refractivity contribution < 1.29 is 14.2 Å². The molecule has 0 unspecified atom stereocenters. The molecule has 0 saturated heterocycles. The van der Waals surface area contributed by atoms with Gasteiger partial charge in [0.1, 0.15) is 29.5 Å². The quantitative estimate of drug-likeness (QED) is 0.839. The molecule has 0 saturated carbocycles. The Labute approximate surface area is 112 Å². The fraction of sp³-hybridized carbons (Fsp3) is 0.200. The molecular formula is C15H17NO3. The summed E-state index contributed by atoms with van der Waals surface area (Å²) >= 11 is 0. The van der Waals surface area contributed by atoms with Crippen LogP contribution in [0.2, 0.25) is 0 Å². The number of rotatable bonds is 5. The Morgan fingerprint density at radius 3 is 2.21 bits per heavy atom. The van der Waals surface area contributed by atoms with Gasteiger partial charge in [0.2, 0.25) is 0 Å². The molecule has 0 fully saturated rings. The van der Waals surface area contributed by atoms with Gasteiger partial charge in [-0.2, -0.15) is 0 Å². The van der Waals surface area contributed by atoms with E-state index in [1.165, 1.54) is 0 Å². The van der Waals surface area contributed by atoms with Crippen LogP contribution in [0.15, 0.2) is 42.5 Å². The average molecular weight is 259 g/mol. The molecule has 2 aromatic rings. The Hall–Kier alpha value is -2.36. The van der Waals surface area contributed by atoms with E-state index in [4.69, 9.17) is 19.9 Å². The number of methoxy groups -OCH3 is 2. The lowest BCUT2D eigenvalue weighted by atomic mass is 10.2. The topological polar surface area (TPSA) is 53.7 Å². The molecule has 0 spiro atoms.